The first-order chi connectivity index (χ1) is 17.1. The maximum Gasteiger partial charge on any atom is 0.282 e. The Morgan fingerprint density at radius 1 is 1.11 bits per heavy atom. The Morgan fingerprint density at radius 3 is 2.80 bits per heavy atom. The zero-order valence-corrected chi connectivity index (χ0v) is 19.3. The van der Waals surface area contributed by atoms with E-state index in [1.54, 1.807) is 54.6 Å². The molecule has 0 bridgehead atoms. The lowest BCUT2D eigenvalue weighted by Crippen LogP contribution is -2.20. The summed E-state index contributed by atoms with van der Waals surface area (Å²) in [6, 6.07) is 17.7. The van der Waals surface area contributed by atoms with E-state index in [4.69, 9.17) is 35.2 Å². The molecule has 0 aliphatic carbocycles. The van der Waals surface area contributed by atoms with Gasteiger partial charge < -0.3 is 18.6 Å². The van der Waals surface area contributed by atoms with E-state index < -0.39 is 0 Å². The normalized spacial score (nSPS) is 12.7. The van der Waals surface area contributed by atoms with Crippen LogP contribution < -0.4 is 19.8 Å². The van der Waals surface area contributed by atoms with Gasteiger partial charge in [0.25, 0.3) is 5.56 Å². The van der Waals surface area contributed by atoms with E-state index in [0.29, 0.717) is 56.7 Å². The summed E-state index contributed by atoms with van der Waals surface area (Å²) in [5, 5.41) is 6.32. The Kier molecular flexibility index (Phi) is 5.15. The molecule has 8 nitrogen and oxygen atoms in total. The lowest BCUT2D eigenvalue weighted by Gasteiger charge is -2.10. The van der Waals surface area contributed by atoms with Gasteiger partial charge in [0.2, 0.25) is 12.6 Å². The van der Waals surface area contributed by atoms with E-state index in [0.717, 1.165) is 5.39 Å². The van der Waals surface area contributed by atoms with Gasteiger partial charge in [-0.2, -0.15) is 9.78 Å². The van der Waals surface area contributed by atoms with Crippen LogP contribution in [0.2, 0.25) is 5.02 Å². The minimum absolute atomic E-state index is 0.135. The van der Waals surface area contributed by atoms with Gasteiger partial charge in [0.1, 0.15) is 11.3 Å². The van der Waals surface area contributed by atoms with Gasteiger partial charge in [-0.25, -0.2) is 4.98 Å². The molecule has 1 aliphatic heterocycles. The molecule has 1 aliphatic rings. The van der Waals surface area contributed by atoms with Crippen LogP contribution in [-0.4, -0.2) is 29.3 Å². The van der Waals surface area contributed by atoms with Crippen molar-refractivity contribution in [3.8, 4) is 28.8 Å². The number of nitrogens with zero attached hydrogens (tertiary/aromatic N) is 3. The molecule has 0 spiro atoms. The van der Waals surface area contributed by atoms with Gasteiger partial charge >= 0.3 is 0 Å². The zero-order chi connectivity index (χ0) is 23.9. The highest BCUT2D eigenvalue weighted by atomic mass is 35.5. The molecular formula is C26H18ClN3O5. The molecular weight excluding hydrogens is 470 g/mol. The molecule has 0 unspecified atom stereocenters. The number of hydrogen-bond donors (Lipinski definition) is 0. The highest BCUT2D eigenvalue weighted by molar-refractivity contribution is 6.31. The number of ether oxygens (including phenoxy) is 3. The van der Waals surface area contributed by atoms with Crippen LogP contribution in [0.3, 0.4) is 0 Å². The first-order valence-corrected chi connectivity index (χ1v) is 11.3. The number of benzene rings is 3. The van der Waals surface area contributed by atoms with Crippen LogP contribution in [0.1, 0.15) is 12.5 Å². The van der Waals surface area contributed by atoms with Crippen LogP contribution in [0.4, 0.5) is 0 Å². The van der Waals surface area contributed by atoms with E-state index in [9.17, 15) is 4.79 Å². The summed E-state index contributed by atoms with van der Waals surface area (Å²) in [6.07, 6.45) is 1.54. The third-order valence-electron chi connectivity index (χ3n) is 5.57. The molecule has 0 fully saturated rings. The number of rotatable bonds is 5. The third-order valence-corrected chi connectivity index (χ3v) is 5.80. The highest BCUT2D eigenvalue weighted by Crippen LogP contribution is 2.37. The Morgan fingerprint density at radius 2 is 1.94 bits per heavy atom. The predicted octanol–water partition coefficient (Wildman–Crippen LogP) is 5.47. The molecule has 6 rings (SSSR count). The smallest absolute Gasteiger partial charge is 0.282 e. The van der Waals surface area contributed by atoms with E-state index >= 15 is 0 Å². The average molecular weight is 488 g/mol. The average Bonchev–Trinajstić information content (AvgIpc) is 3.49. The van der Waals surface area contributed by atoms with Crippen LogP contribution in [-0.2, 0) is 0 Å². The maximum absolute atomic E-state index is 13.5. The number of aromatic nitrogens is 2. The molecule has 0 amide bonds. The van der Waals surface area contributed by atoms with Crippen molar-refractivity contribution in [2.24, 2.45) is 5.10 Å². The molecule has 3 aromatic carbocycles. The van der Waals surface area contributed by atoms with Gasteiger partial charge in [-0.15, -0.1) is 0 Å². The number of halogens is 1. The SMILES string of the molecule is CCOc1cc2c(cc1C=Nn1c(-c3cc4cc(Cl)ccc4o3)nc3ccccc3c1=O)OCO2. The van der Waals surface area contributed by atoms with E-state index in [-0.39, 0.29) is 18.2 Å². The minimum Gasteiger partial charge on any atom is -0.493 e. The van der Waals surface area contributed by atoms with Crippen molar-refractivity contribution < 1.29 is 18.6 Å². The standard InChI is InChI=1S/C26H18ClN3O5/c1-2-32-21-12-23-22(33-14-34-23)11-16(21)13-28-30-25(29-19-6-4-3-5-18(19)26(30)31)24-10-15-9-17(27)7-8-20(15)35-24/h3-13H,2,14H2,1H3. The van der Waals surface area contributed by atoms with Gasteiger partial charge in [0, 0.05) is 22.0 Å². The van der Waals surface area contributed by atoms with Gasteiger partial charge in [0.05, 0.1) is 23.7 Å². The molecule has 0 saturated carbocycles. The van der Waals surface area contributed by atoms with E-state index in [2.05, 4.69) is 5.10 Å². The minimum atomic E-state index is -0.334. The molecule has 3 heterocycles. The van der Waals surface area contributed by atoms with Crippen molar-refractivity contribution in [3.63, 3.8) is 0 Å². The molecule has 0 atom stereocenters. The molecule has 174 valence electrons. The first-order valence-electron chi connectivity index (χ1n) is 10.9. The Balaban J connectivity index is 1.54. The fourth-order valence-corrected chi connectivity index (χ4v) is 4.14. The van der Waals surface area contributed by atoms with Crippen LogP contribution in [0, 0.1) is 0 Å². The maximum atomic E-state index is 13.5. The summed E-state index contributed by atoms with van der Waals surface area (Å²) < 4.78 is 23.9. The van der Waals surface area contributed by atoms with Crippen molar-refractivity contribution in [1.29, 1.82) is 0 Å². The van der Waals surface area contributed by atoms with Crippen LogP contribution in [0.5, 0.6) is 17.2 Å². The molecule has 5 aromatic rings. The number of hydrogen-bond acceptors (Lipinski definition) is 7. The van der Waals surface area contributed by atoms with Crippen molar-refractivity contribution in [3.05, 3.63) is 81.6 Å². The van der Waals surface area contributed by atoms with Crippen molar-refractivity contribution in [2.45, 2.75) is 6.92 Å². The van der Waals surface area contributed by atoms with Gasteiger partial charge in [-0.05, 0) is 49.4 Å². The topological polar surface area (TPSA) is 88.1 Å². The second-order valence-electron chi connectivity index (χ2n) is 7.78. The second kappa shape index (κ2) is 8.48. The molecule has 0 N–H and O–H groups in total. The first kappa shape index (κ1) is 21.2. The fraction of sp³-hybridized carbons (Fsp3) is 0.115. The molecule has 9 heteroatoms. The summed E-state index contributed by atoms with van der Waals surface area (Å²) in [7, 11) is 0. The number of para-hydroxylation sites is 1. The third kappa shape index (κ3) is 3.77. The summed E-state index contributed by atoms with van der Waals surface area (Å²) in [5.41, 5.74) is 1.45. The number of fused-ring (bicyclic) bond motifs is 3. The Labute approximate surface area is 203 Å². The molecule has 2 aromatic heterocycles. The van der Waals surface area contributed by atoms with Crippen LogP contribution in [0.25, 0.3) is 33.5 Å². The Hall–Kier alpha value is -4.30. The summed E-state index contributed by atoms with van der Waals surface area (Å²) >= 11 is 6.14. The van der Waals surface area contributed by atoms with Crippen molar-refractivity contribution in [2.75, 3.05) is 13.4 Å². The van der Waals surface area contributed by atoms with Crippen LogP contribution >= 0.6 is 11.6 Å². The summed E-state index contributed by atoms with van der Waals surface area (Å²) in [6.45, 7) is 2.47. The van der Waals surface area contributed by atoms with Crippen molar-refractivity contribution >= 4 is 39.7 Å². The zero-order valence-electron chi connectivity index (χ0n) is 18.5. The molecule has 35 heavy (non-hydrogen) atoms. The highest BCUT2D eigenvalue weighted by Gasteiger charge is 2.19. The lowest BCUT2D eigenvalue weighted by atomic mass is 10.2. The molecule has 0 radical (unpaired) electrons. The molecule has 0 saturated heterocycles. The lowest BCUT2D eigenvalue weighted by molar-refractivity contribution is 0.174. The van der Waals surface area contributed by atoms with E-state index in [1.807, 2.05) is 13.0 Å². The predicted molar refractivity (Wildman–Crippen MR) is 133 cm³/mol. The number of furan rings is 1. The van der Waals surface area contributed by atoms with Crippen molar-refractivity contribution in [1.82, 2.24) is 9.66 Å². The fourth-order valence-electron chi connectivity index (χ4n) is 3.96. The van der Waals surface area contributed by atoms with Gasteiger partial charge in [-0.3, -0.25) is 4.79 Å². The largest absolute Gasteiger partial charge is 0.493 e. The quantitative estimate of drug-likeness (QED) is 0.305. The van der Waals surface area contributed by atoms with Crippen LogP contribution in [0.15, 0.2) is 75.0 Å². The monoisotopic (exact) mass is 487 g/mol. The summed E-state index contributed by atoms with van der Waals surface area (Å²) in [4.78, 5) is 18.2. The van der Waals surface area contributed by atoms with Gasteiger partial charge in [-0.1, -0.05) is 23.7 Å². The second-order valence-corrected chi connectivity index (χ2v) is 8.22. The Bertz CT molecular complexity index is 1690. The summed E-state index contributed by atoms with van der Waals surface area (Å²) in [5.74, 6) is 2.38. The van der Waals surface area contributed by atoms with Gasteiger partial charge in [0.15, 0.2) is 17.3 Å². The van der Waals surface area contributed by atoms with E-state index in [1.165, 1.54) is 10.9 Å².